The van der Waals surface area contributed by atoms with Crippen LogP contribution >= 0.6 is 0 Å². The summed E-state index contributed by atoms with van der Waals surface area (Å²) >= 11 is 0. The summed E-state index contributed by atoms with van der Waals surface area (Å²) in [4.78, 5) is 0. The van der Waals surface area contributed by atoms with Crippen molar-refractivity contribution < 1.29 is 0 Å². The van der Waals surface area contributed by atoms with Gasteiger partial charge < -0.3 is 10.6 Å². The van der Waals surface area contributed by atoms with E-state index < -0.39 is 0 Å². The molecule has 1 aromatic carbocycles. The van der Waals surface area contributed by atoms with Gasteiger partial charge in [-0.25, -0.2) is 0 Å². The largest absolute Gasteiger partial charge is 0.384 e. The van der Waals surface area contributed by atoms with Crippen LogP contribution in [0.25, 0.3) is 0 Å². The van der Waals surface area contributed by atoms with Crippen LogP contribution < -0.4 is 10.6 Å². The zero-order valence-electron chi connectivity index (χ0n) is 8.66. The first-order valence-corrected chi connectivity index (χ1v) is 5.38. The van der Waals surface area contributed by atoms with Gasteiger partial charge >= 0.3 is 0 Å². The van der Waals surface area contributed by atoms with Crippen molar-refractivity contribution in [2.75, 3.05) is 18.4 Å². The van der Waals surface area contributed by atoms with Gasteiger partial charge in [-0.3, -0.25) is 0 Å². The van der Waals surface area contributed by atoms with Crippen molar-refractivity contribution in [1.82, 2.24) is 5.32 Å². The van der Waals surface area contributed by atoms with Gasteiger partial charge in [0.15, 0.2) is 0 Å². The van der Waals surface area contributed by atoms with E-state index in [1.807, 2.05) is 6.07 Å². The van der Waals surface area contributed by atoms with E-state index in [9.17, 15) is 0 Å². The summed E-state index contributed by atoms with van der Waals surface area (Å²) in [7, 11) is 0. The first kappa shape index (κ1) is 9.53. The van der Waals surface area contributed by atoms with Crippen LogP contribution in [-0.4, -0.2) is 19.1 Å². The molecular weight excluding hydrogens is 172 g/mol. The van der Waals surface area contributed by atoms with Crippen molar-refractivity contribution >= 4 is 5.69 Å². The molecule has 2 atom stereocenters. The first-order chi connectivity index (χ1) is 6.86. The summed E-state index contributed by atoms with van der Waals surface area (Å²) in [6.07, 6.45) is 1.35. The lowest BCUT2D eigenvalue weighted by Gasteiger charge is -2.06. The van der Waals surface area contributed by atoms with Crippen molar-refractivity contribution in [3.8, 4) is 0 Å². The third-order valence-electron chi connectivity index (χ3n) is 2.74. The molecule has 0 aromatic heterocycles. The first-order valence-electron chi connectivity index (χ1n) is 5.38. The lowest BCUT2D eigenvalue weighted by Crippen LogP contribution is -2.24. The van der Waals surface area contributed by atoms with Gasteiger partial charge in [0.2, 0.25) is 0 Å². The standard InChI is InChI=1S/C12H18N2/c1-10-9-12(10)14-8-7-13-11-5-3-2-4-6-11/h2-6,10,12-14H,7-9H2,1H3. The molecule has 0 saturated heterocycles. The number of benzene rings is 1. The molecule has 1 fully saturated rings. The highest BCUT2D eigenvalue weighted by Gasteiger charge is 2.31. The maximum atomic E-state index is 3.51. The number of anilines is 1. The molecule has 0 heterocycles. The second-order valence-electron chi connectivity index (χ2n) is 4.07. The summed E-state index contributed by atoms with van der Waals surface area (Å²) in [5.41, 5.74) is 1.21. The Morgan fingerprint density at radius 3 is 2.57 bits per heavy atom. The van der Waals surface area contributed by atoms with E-state index in [1.54, 1.807) is 0 Å². The molecule has 0 amide bonds. The van der Waals surface area contributed by atoms with E-state index in [4.69, 9.17) is 0 Å². The van der Waals surface area contributed by atoms with Gasteiger partial charge in [-0.05, 0) is 24.5 Å². The zero-order chi connectivity index (χ0) is 9.80. The van der Waals surface area contributed by atoms with Gasteiger partial charge in [-0.15, -0.1) is 0 Å². The number of nitrogens with one attached hydrogen (secondary N) is 2. The summed E-state index contributed by atoms with van der Waals surface area (Å²) in [5, 5.41) is 6.89. The molecule has 1 aliphatic rings. The fraction of sp³-hybridized carbons (Fsp3) is 0.500. The van der Waals surface area contributed by atoms with Gasteiger partial charge in [0, 0.05) is 24.8 Å². The second kappa shape index (κ2) is 4.47. The van der Waals surface area contributed by atoms with Crippen LogP contribution in [0.1, 0.15) is 13.3 Å². The molecule has 14 heavy (non-hydrogen) atoms. The molecular formula is C12H18N2. The summed E-state index contributed by atoms with van der Waals surface area (Å²) in [5.74, 6) is 0.895. The highest BCUT2D eigenvalue weighted by atomic mass is 15.0. The lowest BCUT2D eigenvalue weighted by molar-refractivity contribution is 0.666. The van der Waals surface area contributed by atoms with Crippen molar-refractivity contribution in [1.29, 1.82) is 0 Å². The normalized spacial score (nSPS) is 24.6. The maximum absolute atomic E-state index is 3.51. The fourth-order valence-electron chi connectivity index (χ4n) is 1.63. The maximum Gasteiger partial charge on any atom is 0.0340 e. The predicted molar refractivity (Wildman–Crippen MR) is 60.5 cm³/mol. The van der Waals surface area contributed by atoms with Gasteiger partial charge in [-0.2, -0.15) is 0 Å². The van der Waals surface area contributed by atoms with Gasteiger partial charge in [0.05, 0.1) is 0 Å². The molecule has 76 valence electrons. The van der Waals surface area contributed by atoms with E-state index in [2.05, 4.69) is 41.8 Å². The van der Waals surface area contributed by atoms with Crippen molar-refractivity contribution in [3.05, 3.63) is 30.3 Å². The Morgan fingerprint density at radius 2 is 1.93 bits per heavy atom. The molecule has 0 aliphatic heterocycles. The second-order valence-corrected chi connectivity index (χ2v) is 4.07. The van der Waals surface area contributed by atoms with Crippen LogP contribution in [0.3, 0.4) is 0 Å². The molecule has 0 radical (unpaired) electrons. The minimum atomic E-state index is 0.785. The lowest BCUT2D eigenvalue weighted by atomic mass is 10.3. The summed E-state index contributed by atoms with van der Waals surface area (Å²) in [6.45, 7) is 4.36. The monoisotopic (exact) mass is 190 g/mol. The molecule has 1 saturated carbocycles. The third kappa shape index (κ3) is 2.74. The smallest absolute Gasteiger partial charge is 0.0340 e. The zero-order valence-corrected chi connectivity index (χ0v) is 8.66. The van der Waals surface area contributed by atoms with Crippen LogP contribution in [0.4, 0.5) is 5.69 Å². The minimum absolute atomic E-state index is 0.785. The van der Waals surface area contributed by atoms with Crippen molar-refractivity contribution in [3.63, 3.8) is 0 Å². The Balaban J connectivity index is 1.59. The Kier molecular flexibility index (Phi) is 3.04. The average Bonchev–Trinajstić information content (AvgIpc) is 2.91. The average molecular weight is 190 g/mol. The van der Waals surface area contributed by atoms with Gasteiger partial charge in [0.25, 0.3) is 0 Å². The SMILES string of the molecule is CC1CC1NCCNc1ccccc1. The highest BCUT2D eigenvalue weighted by molar-refractivity contribution is 5.42. The molecule has 2 unspecified atom stereocenters. The topological polar surface area (TPSA) is 24.1 Å². The van der Waals surface area contributed by atoms with Crippen molar-refractivity contribution in [2.24, 2.45) is 5.92 Å². The molecule has 2 rings (SSSR count). The molecule has 0 spiro atoms. The Labute approximate surface area is 85.7 Å². The van der Waals surface area contributed by atoms with Crippen LogP contribution in [0.2, 0.25) is 0 Å². The van der Waals surface area contributed by atoms with Gasteiger partial charge in [0.1, 0.15) is 0 Å². The Hall–Kier alpha value is -1.02. The van der Waals surface area contributed by atoms with E-state index in [0.717, 1.165) is 25.0 Å². The minimum Gasteiger partial charge on any atom is -0.384 e. The fourth-order valence-corrected chi connectivity index (χ4v) is 1.63. The predicted octanol–water partition coefficient (Wildman–Crippen LogP) is 2.10. The molecule has 2 nitrogen and oxygen atoms in total. The number of para-hydroxylation sites is 1. The molecule has 2 N–H and O–H groups in total. The number of hydrogen-bond acceptors (Lipinski definition) is 2. The van der Waals surface area contributed by atoms with Crippen LogP contribution in [-0.2, 0) is 0 Å². The number of rotatable bonds is 5. The van der Waals surface area contributed by atoms with E-state index in [0.29, 0.717) is 0 Å². The quantitative estimate of drug-likeness (QED) is 0.695. The van der Waals surface area contributed by atoms with Crippen molar-refractivity contribution in [2.45, 2.75) is 19.4 Å². The highest BCUT2D eigenvalue weighted by Crippen LogP contribution is 2.28. The molecule has 1 aromatic rings. The van der Waals surface area contributed by atoms with Crippen LogP contribution in [0.5, 0.6) is 0 Å². The van der Waals surface area contributed by atoms with E-state index in [1.165, 1.54) is 12.1 Å². The summed E-state index contributed by atoms with van der Waals surface area (Å²) in [6, 6.07) is 11.1. The molecule has 2 heteroatoms. The number of hydrogen-bond donors (Lipinski definition) is 2. The van der Waals surface area contributed by atoms with Crippen LogP contribution in [0, 0.1) is 5.92 Å². The van der Waals surface area contributed by atoms with Gasteiger partial charge in [-0.1, -0.05) is 25.1 Å². The molecule has 0 bridgehead atoms. The van der Waals surface area contributed by atoms with E-state index in [-0.39, 0.29) is 0 Å². The molecule has 1 aliphatic carbocycles. The Morgan fingerprint density at radius 1 is 1.21 bits per heavy atom. The Bertz CT molecular complexity index is 271. The van der Waals surface area contributed by atoms with E-state index >= 15 is 0 Å². The third-order valence-corrected chi connectivity index (χ3v) is 2.74. The summed E-state index contributed by atoms with van der Waals surface area (Å²) < 4.78 is 0. The van der Waals surface area contributed by atoms with Crippen LogP contribution in [0.15, 0.2) is 30.3 Å².